The van der Waals surface area contributed by atoms with Gasteiger partial charge in [0.15, 0.2) is 0 Å². The van der Waals surface area contributed by atoms with Crippen LogP contribution in [0.1, 0.15) is 36.0 Å². The molecule has 2 heterocycles. The van der Waals surface area contributed by atoms with Gasteiger partial charge in [-0.1, -0.05) is 36.4 Å². The highest BCUT2D eigenvalue weighted by molar-refractivity contribution is 7.89. The number of carbonyl (C=O) groups is 1. The van der Waals surface area contributed by atoms with Gasteiger partial charge in [0.25, 0.3) is 10.0 Å². The fourth-order valence-corrected chi connectivity index (χ4v) is 4.80. The number of hydrogen-bond acceptors (Lipinski definition) is 5. The van der Waals surface area contributed by atoms with E-state index in [-0.39, 0.29) is 6.17 Å². The Kier molecular flexibility index (Phi) is 7.38. The first-order chi connectivity index (χ1) is 14.0. The number of likely N-dealkylation sites (tertiary alicyclic amines) is 1. The van der Waals surface area contributed by atoms with Crippen LogP contribution in [0.2, 0.25) is 0 Å². The second-order valence-electron chi connectivity index (χ2n) is 7.14. The molecule has 0 radical (unpaired) electrons. The Morgan fingerprint density at radius 3 is 2.03 bits per heavy atom. The van der Waals surface area contributed by atoms with E-state index in [0.29, 0.717) is 10.5 Å². The Hall–Kier alpha value is -2.26. The van der Waals surface area contributed by atoms with Crippen LogP contribution in [0.3, 0.4) is 0 Å². The molecule has 2 aliphatic rings. The van der Waals surface area contributed by atoms with Gasteiger partial charge in [-0.25, -0.2) is 18.2 Å². The zero-order chi connectivity index (χ0) is 20.7. The number of sulfonamides is 1. The van der Waals surface area contributed by atoms with E-state index in [0.717, 1.165) is 32.5 Å². The van der Waals surface area contributed by atoms with Gasteiger partial charge in [-0.3, -0.25) is 4.90 Å². The number of nitrogens with one attached hydrogen (secondary N) is 1. The maximum atomic E-state index is 12.4. The normalized spacial score (nSPS) is 20.2. The van der Waals surface area contributed by atoms with Crippen molar-refractivity contribution in [2.45, 2.75) is 36.7 Å². The van der Waals surface area contributed by atoms with Gasteiger partial charge in [0.1, 0.15) is 0 Å². The van der Waals surface area contributed by atoms with E-state index in [4.69, 9.17) is 5.11 Å². The Labute approximate surface area is 172 Å². The Morgan fingerprint density at radius 2 is 1.48 bits per heavy atom. The predicted molar refractivity (Wildman–Crippen MR) is 111 cm³/mol. The highest BCUT2D eigenvalue weighted by Gasteiger charge is 2.33. The van der Waals surface area contributed by atoms with Crippen molar-refractivity contribution >= 4 is 16.0 Å². The number of hydrazine groups is 1. The summed E-state index contributed by atoms with van der Waals surface area (Å²) in [5.74, 6) is -0.879. The summed E-state index contributed by atoms with van der Waals surface area (Å²) in [6.45, 7) is 2.94. The molecular weight excluding hydrogens is 390 g/mol. The summed E-state index contributed by atoms with van der Waals surface area (Å²) in [7, 11) is -3.46. The molecule has 0 bridgehead atoms. The van der Waals surface area contributed by atoms with E-state index < -0.39 is 16.0 Å². The number of carboxylic acids is 1. The summed E-state index contributed by atoms with van der Waals surface area (Å²) in [5, 5.41) is 10.3. The zero-order valence-electron chi connectivity index (χ0n) is 16.3. The predicted octanol–water partition coefficient (Wildman–Crippen LogP) is 2.78. The van der Waals surface area contributed by atoms with Gasteiger partial charge >= 0.3 is 5.97 Å². The van der Waals surface area contributed by atoms with Crippen molar-refractivity contribution < 1.29 is 18.3 Å². The van der Waals surface area contributed by atoms with Crippen molar-refractivity contribution in [2.24, 2.45) is 0 Å². The van der Waals surface area contributed by atoms with Gasteiger partial charge in [0.2, 0.25) is 0 Å². The average molecular weight is 418 g/mol. The van der Waals surface area contributed by atoms with E-state index in [1.807, 2.05) is 11.1 Å². The fraction of sp³-hybridized carbons (Fsp3) is 0.381. The van der Waals surface area contributed by atoms with Crippen molar-refractivity contribution in [1.82, 2.24) is 14.7 Å². The van der Waals surface area contributed by atoms with Gasteiger partial charge < -0.3 is 5.11 Å². The monoisotopic (exact) mass is 417 g/mol. The molecule has 7 nitrogen and oxygen atoms in total. The third-order valence-electron chi connectivity index (χ3n) is 5.09. The first-order valence-electron chi connectivity index (χ1n) is 9.84. The molecule has 0 saturated carbocycles. The molecule has 8 heteroatoms. The first kappa shape index (κ1) is 21.4. The van der Waals surface area contributed by atoms with Crippen LogP contribution in [0, 0.1) is 0 Å². The average Bonchev–Trinajstić information content (AvgIpc) is 3.41. The minimum absolute atomic E-state index is 0.219. The van der Waals surface area contributed by atoms with Crippen LogP contribution >= 0.6 is 0 Å². The highest BCUT2D eigenvalue weighted by atomic mass is 32.2. The van der Waals surface area contributed by atoms with E-state index >= 15 is 0 Å². The van der Waals surface area contributed by atoms with E-state index in [1.165, 1.54) is 12.8 Å². The Bertz CT molecular complexity index is 885. The first-order valence-corrected chi connectivity index (χ1v) is 11.3. The Balaban J connectivity index is 0.000000224. The maximum absolute atomic E-state index is 12.4. The molecule has 0 spiro atoms. The lowest BCUT2D eigenvalue weighted by Gasteiger charge is -2.31. The molecule has 2 saturated heterocycles. The topological polar surface area (TPSA) is 89.9 Å². The quantitative estimate of drug-likeness (QED) is 0.778. The lowest BCUT2D eigenvalue weighted by molar-refractivity contribution is 0.0697. The number of aromatic carboxylic acids is 1. The summed E-state index contributed by atoms with van der Waals surface area (Å²) < 4.78 is 24.8. The second kappa shape index (κ2) is 9.98. The summed E-state index contributed by atoms with van der Waals surface area (Å²) in [5.41, 5.74) is 0.331. The molecule has 2 aromatic rings. The number of hydrogen-bond donors (Lipinski definition) is 2. The van der Waals surface area contributed by atoms with E-state index in [1.54, 1.807) is 54.6 Å². The van der Waals surface area contributed by atoms with Crippen LogP contribution < -0.4 is 4.83 Å². The van der Waals surface area contributed by atoms with E-state index in [9.17, 15) is 13.2 Å². The van der Waals surface area contributed by atoms with Crippen LogP contribution in [0.15, 0.2) is 65.6 Å². The molecule has 4 rings (SSSR count). The lowest BCUT2D eigenvalue weighted by Crippen LogP contribution is -2.51. The van der Waals surface area contributed by atoms with Crippen LogP contribution in [0.25, 0.3) is 0 Å². The van der Waals surface area contributed by atoms with Crippen molar-refractivity contribution in [3.8, 4) is 0 Å². The molecule has 2 aromatic carbocycles. The molecule has 0 amide bonds. The second-order valence-corrected chi connectivity index (χ2v) is 8.80. The molecule has 2 N–H and O–H groups in total. The van der Waals surface area contributed by atoms with Gasteiger partial charge in [-0.05, 0) is 63.0 Å². The summed E-state index contributed by atoms with van der Waals surface area (Å²) in [4.78, 5) is 15.7. The van der Waals surface area contributed by atoms with Crippen LogP contribution in [-0.4, -0.2) is 55.2 Å². The van der Waals surface area contributed by atoms with Crippen molar-refractivity contribution in [2.75, 3.05) is 19.6 Å². The van der Waals surface area contributed by atoms with Crippen LogP contribution in [0.4, 0.5) is 0 Å². The lowest BCUT2D eigenvalue weighted by atomic mass is 10.2. The smallest absolute Gasteiger partial charge is 0.335 e. The van der Waals surface area contributed by atoms with Crippen LogP contribution in [-0.2, 0) is 10.0 Å². The zero-order valence-corrected chi connectivity index (χ0v) is 17.1. The third kappa shape index (κ3) is 5.86. The molecule has 0 aliphatic carbocycles. The van der Waals surface area contributed by atoms with Gasteiger partial charge in [-0.15, -0.1) is 4.83 Å². The summed E-state index contributed by atoms with van der Waals surface area (Å²) in [6.07, 6.45) is 4.73. The molecule has 29 heavy (non-hydrogen) atoms. The fourth-order valence-electron chi connectivity index (χ4n) is 3.66. The Morgan fingerprint density at radius 1 is 0.897 bits per heavy atom. The molecule has 1 atom stereocenters. The summed E-state index contributed by atoms with van der Waals surface area (Å²) in [6, 6.07) is 16.9. The number of rotatable bonds is 5. The standard InChI is InChI=1S/C14H21N3O2S.C7H6O2/c18-20(19,13-7-2-1-3-8-13)15-17-12-6-9-14(17)16-10-4-5-11-16;8-7(9)6-4-2-1-3-5-6/h1-3,7-8,14-15H,4-6,9-12H2;1-5H,(H,8,9). The number of benzene rings is 2. The molecule has 156 valence electrons. The van der Waals surface area contributed by atoms with E-state index in [2.05, 4.69) is 9.73 Å². The van der Waals surface area contributed by atoms with Crippen molar-refractivity contribution in [1.29, 1.82) is 0 Å². The SMILES string of the molecule is O=C(O)c1ccccc1.O=S(=O)(NN1CCCC1N1CCCC1)c1ccccc1. The van der Waals surface area contributed by atoms with Gasteiger partial charge in [-0.2, -0.15) is 0 Å². The molecule has 2 aliphatic heterocycles. The van der Waals surface area contributed by atoms with Gasteiger partial charge in [0.05, 0.1) is 16.6 Å². The molecule has 1 unspecified atom stereocenters. The minimum atomic E-state index is -3.46. The number of carboxylic acid groups (broad SMARTS) is 1. The third-order valence-corrected chi connectivity index (χ3v) is 6.46. The van der Waals surface area contributed by atoms with Crippen LogP contribution in [0.5, 0.6) is 0 Å². The van der Waals surface area contributed by atoms with Crippen molar-refractivity contribution in [3.63, 3.8) is 0 Å². The highest BCUT2D eigenvalue weighted by Crippen LogP contribution is 2.24. The summed E-state index contributed by atoms with van der Waals surface area (Å²) >= 11 is 0. The number of nitrogens with zero attached hydrogens (tertiary/aromatic N) is 2. The molecule has 2 fully saturated rings. The largest absolute Gasteiger partial charge is 0.478 e. The maximum Gasteiger partial charge on any atom is 0.335 e. The van der Waals surface area contributed by atoms with Gasteiger partial charge in [0, 0.05) is 6.54 Å². The molecular formula is C21H27N3O4S. The molecule has 0 aromatic heterocycles. The van der Waals surface area contributed by atoms with Crippen molar-refractivity contribution in [3.05, 3.63) is 66.2 Å². The minimum Gasteiger partial charge on any atom is -0.478 e.